The fraction of sp³-hybridized carbons (Fsp3) is 0.364. The van der Waals surface area contributed by atoms with Crippen LogP contribution in [0.2, 0.25) is 5.02 Å². The molecule has 0 spiro atoms. The molecule has 1 aromatic rings. The van der Waals surface area contributed by atoms with Crippen molar-refractivity contribution in [1.29, 1.82) is 0 Å². The number of aliphatic hydroxyl groups excluding tert-OH is 2. The lowest BCUT2D eigenvalue weighted by atomic mass is 10.2. The molecule has 4 nitrogen and oxygen atoms in total. The minimum atomic E-state index is -0.779. The highest BCUT2D eigenvalue weighted by Gasteiger charge is 2.30. The molecule has 16 heavy (non-hydrogen) atoms. The Labute approximate surface area is 98.1 Å². The van der Waals surface area contributed by atoms with Gasteiger partial charge < -0.3 is 15.1 Å². The van der Waals surface area contributed by atoms with E-state index in [1.165, 1.54) is 0 Å². The van der Waals surface area contributed by atoms with E-state index in [-0.39, 0.29) is 0 Å². The lowest BCUT2D eigenvalue weighted by Gasteiger charge is -2.19. The van der Waals surface area contributed by atoms with Gasteiger partial charge in [-0.1, -0.05) is 17.7 Å². The summed E-state index contributed by atoms with van der Waals surface area (Å²) in [7, 11) is 0. The van der Waals surface area contributed by atoms with Gasteiger partial charge in [0.05, 0.1) is 22.8 Å². The maximum atomic E-state index is 10.9. The van der Waals surface area contributed by atoms with Crippen LogP contribution in [0.1, 0.15) is 10.4 Å². The van der Waals surface area contributed by atoms with Crippen LogP contribution in [0.5, 0.6) is 0 Å². The van der Waals surface area contributed by atoms with Crippen molar-refractivity contribution in [2.24, 2.45) is 0 Å². The maximum absolute atomic E-state index is 10.9. The van der Waals surface area contributed by atoms with Crippen LogP contribution in [0, 0.1) is 0 Å². The molecule has 0 aliphatic carbocycles. The highest BCUT2D eigenvalue weighted by molar-refractivity contribution is 6.33. The minimum absolute atomic E-state index is 0.308. The zero-order chi connectivity index (χ0) is 11.7. The Morgan fingerprint density at radius 2 is 1.94 bits per heavy atom. The maximum Gasteiger partial charge on any atom is 0.153 e. The summed E-state index contributed by atoms with van der Waals surface area (Å²) in [4.78, 5) is 12.7. The third-order valence-electron chi connectivity index (χ3n) is 2.75. The first-order chi connectivity index (χ1) is 7.63. The first kappa shape index (κ1) is 11.4. The SMILES string of the molecule is O=Cc1c(Cl)cccc1N1CC(O)C(O)C1. The van der Waals surface area contributed by atoms with E-state index in [2.05, 4.69) is 0 Å². The monoisotopic (exact) mass is 241 g/mol. The molecule has 1 heterocycles. The average molecular weight is 242 g/mol. The second-order valence-corrected chi connectivity index (χ2v) is 4.24. The highest BCUT2D eigenvalue weighted by Crippen LogP contribution is 2.28. The number of carbonyl (C=O) groups excluding carboxylic acids is 1. The van der Waals surface area contributed by atoms with Crippen LogP contribution < -0.4 is 4.90 Å². The Balaban J connectivity index is 2.34. The summed E-state index contributed by atoms with van der Waals surface area (Å²) in [6, 6.07) is 5.12. The van der Waals surface area contributed by atoms with Crippen LogP contribution in [-0.4, -0.2) is 41.8 Å². The zero-order valence-corrected chi connectivity index (χ0v) is 9.26. The third kappa shape index (κ3) is 1.91. The third-order valence-corrected chi connectivity index (χ3v) is 3.08. The summed E-state index contributed by atoms with van der Waals surface area (Å²) in [6.07, 6.45) is -0.869. The summed E-state index contributed by atoms with van der Waals surface area (Å²) in [5.41, 5.74) is 1.04. The van der Waals surface area contributed by atoms with E-state index in [1.54, 1.807) is 23.1 Å². The molecule has 0 radical (unpaired) electrons. The van der Waals surface area contributed by atoms with Crippen molar-refractivity contribution in [3.05, 3.63) is 28.8 Å². The Morgan fingerprint density at radius 1 is 1.31 bits per heavy atom. The van der Waals surface area contributed by atoms with Crippen molar-refractivity contribution in [3.63, 3.8) is 0 Å². The lowest BCUT2D eigenvalue weighted by Crippen LogP contribution is -2.22. The molecule has 2 rings (SSSR count). The zero-order valence-electron chi connectivity index (χ0n) is 8.51. The summed E-state index contributed by atoms with van der Waals surface area (Å²) in [5, 5.41) is 19.3. The molecule has 0 saturated carbocycles. The van der Waals surface area contributed by atoms with E-state index >= 15 is 0 Å². The number of benzene rings is 1. The number of halogens is 1. The molecule has 1 aliphatic rings. The van der Waals surface area contributed by atoms with Crippen LogP contribution in [-0.2, 0) is 0 Å². The van der Waals surface area contributed by atoms with Crippen LogP contribution in [0.25, 0.3) is 0 Å². The van der Waals surface area contributed by atoms with Gasteiger partial charge in [-0.15, -0.1) is 0 Å². The van der Waals surface area contributed by atoms with Crippen molar-refractivity contribution >= 4 is 23.6 Å². The van der Waals surface area contributed by atoms with Crippen LogP contribution in [0.4, 0.5) is 5.69 Å². The van der Waals surface area contributed by atoms with E-state index in [4.69, 9.17) is 11.6 Å². The van der Waals surface area contributed by atoms with E-state index in [0.717, 1.165) is 0 Å². The van der Waals surface area contributed by atoms with Crippen molar-refractivity contribution in [1.82, 2.24) is 0 Å². The largest absolute Gasteiger partial charge is 0.389 e. The van der Waals surface area contributed by atoms with Crippen molar-refractivity contribution < 1.29 is 15.0 Å². The lowest BCUT2D eigenvalue weighted by molar-refractivity contribution is 0.0572. The fourth-order valence-corrected chi connectivity index (χ4v) is 2.10. The molecule has 0 amide bonds. The van der Waals surface area contributed by atoms with Crippen molar-refractivity contribution in [3.8, 4) is 0 Å². The summed E-state index contributed by atoms with van der Waals surface area (Å²) >= 11 is 5.90. The van der Waals surface area contributed by atoms with Gasteiger partial charge in [-0.05, 0) is 12.1 Å². The Bertz CT molecular complexity index is 400. The summed E-state index contributed by atoms with van der Waals surface area (Å²) < 4.78 is 0. The molecule has 1 aromatic carbocycles. The molecule has 86 valence electrons. The predicted octanol–water partition coefficient (Wildman–Crippen LogP) is 0.694. The van der Waals surface area contributed by atoms with Gasteiger partial charge in [0, 0.05) is 18.8 Å². The van der Waals surface area contributed by atoms with Gasteiger partial charge in [0.2, 0.25) is 0 Å². The minimum Gasteiger partial charge on any atom is -0.389 e. The van der Waals surface area contributed by atoms with E-state index in [1.807, 2.05) is 0 Å². The van der Waals surface area contributed by atoms with E-state index in [9.17, 15) is 15.0 Å². The van der Waals surface area contributed by atoms with Gasteiger partial charge in [0.15, 0.2) is 6.29 Å². The number of aldehydes is 1. The van der Waals surface area contributed by atoms with Gasteiger partial charge in [0.1, 0.15) is 0 Å². The molecule has 0 bridgehead atoms. The molecule has 1 saturated heterocycles. The molecule has 2 unspecified atom stereocenters. The number of hydrogen-bond acceptors (Lipinski definition) is 4. The molecular formula is C11H12ClNO3. The van der Waals surface area contributed by atoms with Crippen LogP contribution in [0.3, 0.4) is 0 Å². The van der Waals surface area contributed by atoms with Gasteiger partial charge in [-0.3, -0.25) is 4.79 Å². The molecule has 2 atom stereocenters. The molecular weight excluding hydrogens is 230 g/mol. The van der Waals surface area contributed by atoms with Gasteiger partial charge in [-0.25, -0.2) is 0 Å². The number of hydrogen-bond donors (Lipinski definition) is 2. The van der Waals surface area contributed by atoms with Crippen molar-refractivity contribution in [2.45, 2.75) is 12.2 Å². The summed E-state index contributed by atoms with van der Waals surface area (Å²) in [5.74, 6) is 0. The van der Waals surface area contributed by atoms with Gasteiger partial charge >= 0.3 is 0 Å². The fourth-order valence-electron chi connectivity index (χ4n) is 1.88. The van der Waals surface area contributed by atoms with Crippen molar-refractivity contribution in [2.75, 3.05) is 18.0 Å². The normalized spacial score (nSPS) is 24.8. The Morgan fingerprint density at radius 3 is 2.50 bits per heavy atom. The number of anilines is 1. The molecule has 0 aromatic heterocycles. The number of β-amino-alcohol motifs (C(OH)–C–C–N with tert-alkyl or cyclic N) is 2. The topological polar surface area (TPSA) is 60.8 Å². The number of carbonyl (C=O) groups is 1. The Hall–Kier alpha value is -1.10. The second kappa shape index (κ2) is 4.41. The van der Waals surface area contributed by atoms with E-state index < -0.39 is 12.2 Å². The first-order valence-electron chi connectivity index (χ1n) is 4.98. The molecule has 5 heteroatoms. The number of rotatable bonds is 2. The highest BCUT2D eigenvalue weighted by atomic mass is 35.5. The first-order valence-corrected chi connectivity index (χ1v) is 5.36. The molecule has 1 fully saturated rings. The quantitative estimate of drug-likeness (QED) is 0.749. The van der Waals surface area contributed by atoms with Crippen LogP contribution >= 0.6 is 11.6 Å². The smallest absolute Gasteiger partial charge is 0.153 e. The summed E-state index contributed by atoms with van der Waals surface area (Å²) in [6.45, 7) is 0.616. The standard InChI is InChI=1S/C11H12ClNO3/c12-8-2-1-3-9(7(8)6-14)13-4-10(15)11(16)5-13/h1-3,6,10-11,15-16H,4-5H2. The van der Waals surface area contributed by atoms with E-state index in [0.29, 0.717) is 35.6 Å². The molecule has 1 aliphatic heterocycles. The Kier molecular flexibility index (Phi) is 3.14. The predicted molar refractivity (Wildman–Crippen MR) is 61.1 cm³/mol. The van der Waals surface area contributed by atoms with Gasteiger partial charge in [-0.2, -0.15) is 0 Å². The second-order valence-electron chi connectivity index (χ2n) is 3.83. The molecule has 2 N–H and O–H groups in total. The van der Waals surface area contributed by atoms with Gasteiger partial charge in [0.25, 0.3) is 0 Å². The van der Waals surface area contributed by atoms with Crippen LogP contribution in [0.15, 0.2) is 18.2 Å². The number of nitrogens with zero attached hydrogens (tertiary/aromatic N) is 1. The average Bonchev–Trinajstić information content (AvgIpc) is 2.59. The number of aliphatic hydroxyl groups is 2.